The molecule has 0 radical (unpaired) electrons. The number of alkyl halides is 3. The molecule has 1 aliphatic carbocycles. The van der Waals surface area contributed by atoms with Crippen LogP contribution < -0.4 is 4.74 Å². The fourth-order valence-corrected chi connectivity index (χ4v) is 3.52. The van der Waals surface area contributed by atoms with Gasteiger partial charge in [0.15, 0.2) is 0 Å². The van der Waals surface area contributed by atoms with Crippen LogP contribution in [0.1, 0.15) is 24.0 Å². The zero-order chi connectivity index (χ0) is 20.6. The molecule has 0 amide bonds. The van der Waals surface area contributed by atoms with Gasteiger partial charge in [0.05, 0.1) is 12.1 Å². The number of aromatic nitrogens is 3. The van der Waals surface area contributed by atoms with Gasteiger partial charge >= 0.3 is 6.18 Å². The van der Waals surface area contributed by atoms with Crippen LogP contribution in [0.15, 0.2) is 55.1 Å². The van der Waals surface area contributed by atoms with Gasteiger partial charge in [-0.05, 0) is 60.7 Å². The van der Waals surface area contributed by atoms with E-state index in [4.69, 9.17) is 16.3 Å². The fourth-order valence-electron chi connectivity index (χ4n) is 3.39. The summed E-state index contributed by atoms with van der Waals surface area (Å²) >= 11 is 5.82. The van der Waals surface area contributed by atoms with Gasteiger partial charge in [-0.15, -0.1) is 0 Å². The number of rotatable bonds is 6. The van der Waals surface area contributed by atoms with Crippen molar-refractivity contribution < 1.29 is 23.0 Å². The Hall–Kier alpha value is -2.58. The van der Waals surface area contributed by atoms with E-state index in [0.717, 1.165) is 6.07 Å². The highest BCUT2D eigenvalue weighted by molar-refractivity contribution is 6.30. The smallest absolute Gasteiger partial charge is 0.416 e. The summed E-state index contributed by atoms with van der Waals surface area (Å²) in [6.07, 6.45) is -0.726. The van der Waals surface area contributed by atoms with E-state index in [0.29, 0.717) is 23.6 Å². The lowest BCUT2D eigenvalue weighted by Crippen LogP contribution is -2.36. The van der Waals surface area contributed by atoms with Crippen molar-refractivity contribution in [3.8, 4) is 11.5 Å². The molecule has 5 nitrogen and oxygen atoms in total. The van der Waals surface area contributed by atoms with Crippen LogP contribution in [0.4, 0.5) is 13.2 Å². The quantitative estimate of drug-likeness (QED) is 0.603. The van der Waals surface area contributed by atoms with Gasteiger partial charge in [-0.25, -0.2) is 9.67 Å². The molecule has 3 aromatic rings. The third-order valence-electron chi connectivity index (χ3n) is 4.93. The van der Waals surface area contributed by atoms with E-state index in [2.05, 4.69) is 10.1 Å². The van der Waals surface area contributed by atoms with Crippen LogP contribution in [0.25, 0.3) is 0 Å². The average molecular weight is 424 g/mol. The van der Waals surface area contributed by atoms with E-state index in [1.54, 1.807) is 24.3 Å². The van der Waals surface area contributed by atoms with Gasteiger partial charge in [0.25, 0.3) is 0 Å². The molecule has 152 valence electrons. The first-order valence-electron chi connectivity index (χ1n) is 8.95. The molecule has 9 heteroatoms. The lowest BCUT2D eigenvalue weighted by atomic mass is 9.85. The van der Waals surface area contributed by atoms with Crippen LogP contribution in [0.3, 0.4) is 0 Å². The Labute approximate surface area is 169 Å². The lowest BCUT2D eigenvalue weighted by molar-refractivity contribution is -0.141. The van der Waals surface area contributed by atoms with Crippen molar-refractivity contribution in [2.45, 2.75) is 31.2 Å². The highest BCUT2D eigenvalue weighted by atomic mass is 35.5. The summed E-state index contributed by atoms with van der Waals surface area (Å²) in [5, 5.41) is 15.7. The number of ether oxygens (including phenoxy) is 1. The highest BCUT2D eigenvalue weighted by Gasteiger charge is 2.50. The second kappa shape index (κ2) is 7.35. The highest BCUT2D eigenvalue weighted by Crippen LogP contribution is 2.50. The molecule has 1 atom stereocenters. The maximum absolute atomic E-state index is 13.9. The Bertz CT molecular complexity index is 989. The zero-order valence-corrected chi connectivity index (χ0v) is 15.9. The van der Waals surface area contributed by atoms with Crippen molar-refractivity contribution in [3.63, 3.8) is 0 Å². The first kappa shape index (κ1) is 19.7. The summed E-state index contributed by atoms with van der Waals surface area (Å²) in [5.41, 5.74) is -2.83. The Morgan fingerprint density at radius 3 is 2.34 bits per heavy atom. The molecule has 0 spiro atoms. The largest absolute Gasteiger partial charge is 0.457 e. The average Bonchev–Trinajstić information content (AvgIpc) is 3.42. The van der Waals surface area contributed by atoms with Crippen LogP contribution >= 0.6 is 11.6 Å². The molecule has 2 aromatic carbocycles. The second-order valence-electron chi connectivity index (χ2n) is 7.05. The third kappa shape index (κ3) is 4.23. The monoisotopic (exact) mass is 423 g/mol. The van der Waals surface area contributed by atoms with Crippen molar-refractivity contribution in [2.24, 2.45) is 5.92 Å². The number of hydrogen-bond donors (Lipinski definition) is 1. The Balaban J connectivity index is 1.73. The van der Waals surface area contributed by atoms with E-state index >= 15 is 0 Å². The van der Waals surface area contributed by atoms with Gasteiger partial charge in [-0.1, -0.05) is 17.7 Å². The maximum Gasteiger partial charge on any atom is 0.416 e. The van der Waals surface area contributed by atoms with Crippen molar-refractivity contribution in [2.75, 3.05) is 0 Å². The van der Waals surface area contributed by atoms with Gasteiger partial charge < -0.3 is 9.84 Å². The molecule has 1 saturated carbocycles. The van der Waals surface area contributed by atoms with Crippen LogP contribution in [-0.4, -0.2) is 19.9 Å². The lowest BCUT2D eigenvalue weighted by Gasteiger charge is -2.31. The Morgan fingerprint density at radius 1 is 1.07 bits per heavy atom. The molecule has 4 rings (SSSR count). The van der Waals surface area contributed by atoms with Crippen LogP contribution in [0, 0.1) is 5.92 Å². The van der Waals surface area contributed by atoms with Gasteiger partial charge in [-0.3, -0.25) is 0 Å². The number of benzene rings is 2. The minimum atomic E-state index is -4.67. The maximum atomic E-state index is 13.9. The van der Waals surface area contributed by atoms with Gasteiger partial charge in [0.1, 0.15) is 29.8 Å². The Kier molecular flexibility index (Phi) is 5.00. The molecular weight excluding hydrogens is 407 g/mol. The standard InChI is InChI=1S/C20H17ClF3N3O2/c21-14-3-5-15(6-4-14)29-16-7-8-17(18(9-16)20(22,23)24)19(28,13-1-2-13)10-27-12-25-11-26-27/h3-9,11-13,28H,1-2,10H2/t19-/m0/s1. The molecular formula is C20H17ClF3N3O2. The molecule has 1 N–H and O–H groups in total. The Morgan fingerprint density at radius 2 is 1.76 bits per heavy atom. The van der Waals surface area contributed by atoms with Crippen molar-refractivity contribution in [1.29, 1.82) is 0 Å². The zero-order valence-electron chi connectivity index (χ0n) is 15.1. The number of aliphatic hydroxyl groups is 1. The molecule has 1 aliphatic rings. The van der Waals surface area contributed by atoms with Crippen LogP contribution in [-0.2, 0) is 18.3 Å². The molecule has 0 unspecified atom stereocenters. The normalized spacial score (nSPS) is 16.4. The topological polar surface area (TPSA) is 60.2 Å². The second-order valence-corrected chi connectivity index (χ2v) is 7.49. The van der Waals surface area contributed by atoms with E-state index in [9.17, 15) is 18.3 Å². The van der Waals surface area contributed by atoms with Gasteiger partial charge in [0.2, 0.25) is 0 Å². The third-order valence-corrected chi connectivity index (χ3v) is 5.19. The molecule has 0 aliphatic heterocycles. The number of nitrogens with zero attached hydrogens (tertiary/aromatic N) is 3. The predicted molar refractivity (Wildman–Crippen MR) is 99.6 cm³/mol. The summed E-state index contributed by atoms with van der Waals surface area (Å²) < 4.78 is 48.6. The van der Waals surface area contributed by atoms with Gasteiger partial charge in [-0.2, -0.15) is 18.3 Å². The summed E-state index contributed by atoms with van der Waals surface area (Å²) in [5.74, 6) is 0.0912. The molecule has 1 heterocycles. The van der Waals surface area contributed by atoms with Crippen molar-refractivity contribution in [1.82, 2.24) is 14.8 Å². The number of hydrogen-bond acceptors (Lipinski definition) is 4. The predicted octanol–water partition coefficient (Wildman–Crippen LogP) is 5.04. The van der Waals surface area contributed by atoms with Crippen molar-refractivity contribution >= 4 is 11.6 Å². The first-order chi connectivity index (χ1) is 13.8. The molecule has 29 heavy (non-hydrogen) atoms. The molecule has 1 fully saturated rings. The first-order valence-corrected chi connectivity index (χ1v) is 9.33. The fraction of sp³-hybridized carbons (Fsp3) is 0.300. The molecule has 0 bridgehead atoms. The summed E-state index contributed by atoms with van der Waals surface area (Å²) in [7, 11) is 0. The minimum absolute atomic E-state index is 0.0160. The van der Waals surface area contributed by atoms with E-state index in [1.807, 2.05) is 0 Å². The van der Waals surface area contributed by atoms with Crippen LogP contribution in [0.2, 0.25) is 5.02 Å². The minimum Gasteiger partial charge on any atom is -0.457 e. The van der Waals surface area contributed by atoms with E-state index in [1.165, 1.54) is 29.5 Å². The SMILES string of the molecule is O[C@](Cn1cncn1)(c1ccc(Oc2ccc(Cl)cc2)cc1C(F)(F)F)C1CC1. The number of halogens is 4. The summed E-state index contributed by atoms with van der Waals surface area (Å²) in [4.78, 5) is 3.81. The van der Waals surface area contributed by atoms with E-state index < -0.39 is 17.3 Å². The summed E-state index contributed by atoms with van der Waals surface area (Å²) in [6.45, 7) is -0.113. The van der Waals surface area contributed by atoms with Crippen molar-refractivity contribution in [3.05, 3.63) is 71.3 Å². The van der Waals surface area contributed by atoms with Gasteiger partial charge in [0, 0.05) is 5.02 Å². The molecule has 0 saturated heterocycles. The van der Waals surface area contributed by atoms with Crippen LogP contribution in [0.5, 0.6) is 11.5 Å². The summed E-state index contributed by atoms with van der Waals surface area (Å²) in [6, 6.07) is 9.92. The molecule has 1 aromatic heterocycles. The van der Waals surface area contributed by atoms with E-state index in [-0.39, 0.29) is 23.8 Å².